The summed E-state index contributed by atoms with van der Waals surface area (Å²) < 4.78 is 11.0. The van der Waals surface area contributed by atoms with E-state index in [1.165, 1.54) is 6.21 Å². The minimum atomic E-state index is -0.509. The van der Waals surface area contributed by atoms with Gasteiger partial charge in [-0.05, 0) is 44.7 Å². The van der Waals surface area contributed by atoms with Crippen LogP contribution in [-0.4, -0.2) is 42.1 Å². The Hall–Kier alpha value is -1.88. The summed E-state index contributed by atoms with van der Waals surface area (Å²) in [6, 6.07) is 7.83. The molecule has 1 saturated heterocycles. The number of nitrogens with zero attached hydrogens (tertiary/aromatic N) is 1. The quantitative estimate of drug-likeness (QED) is 0.863. The van der Waals surface area contributed by atoms with Gasteiger partial charge in [-0.1, -0.05) is 24.3 Å². The van der Waals surface area contributed by atoms with Crippen LogP contribution in [0.5, 0.6) is 0 Å². The van der Waals surface area contributed by atoms with Crippen molar-refractivity contribution >= 4 is 12.3 Å². The molecule has 0 aliphatic carbocycles. The molecular formula is C18H26N2O3. The molecule has 5 heteroatoms. The summed E-state index contributed by atoms with van der Waals surface area (Å²) in [7, 11) is 0. The van der Waals surface area contributed by atoms with Crippen molar-refractivity contribution in [3.8, 4) is 0 Å². The van der Waals surface area contributed by atoms with Crippen LogP contribution >= 0.6 is 0 Å². The fourth-order valence-corrected chi connectivity index (χ4v) is 2.58. The monoisotopic (exact) mass is 318 g/mol. The summed E-state index contributed by atoms with van der Waals surface area (Å²) in [6.45, 7) is 7.51. The number of hydrogen-bond acceptors (Lipinski definition) is 4. The van der Waals surface area contributed by atoms with Gasteiger partial charge in [0, 0.05) is 32.0 Å². The Labute approximate surface area is 138 Å². The lowest BCUT2D eigenvalue weighted by Crippen LogP contribution is -2.45. The Morgan fingerprint density at radius 1 is 1.30 bits per heavy atom. The van der Waals surface area contributed by atoms with E-state index >= 15 is 0 Å². The van der Waals surface area contributed by atoms with Gasteiger partial charge >= 0.3 is 6.09 Å². The fraction of sp³-hybridized carbons (Fsp3) is 0.556. The van der Waals surface area contributed by atoms with Crippen molar-refractivity contribution in [3.05, 3.63) is 35.4 Å². The van der Waals surface area contributed by atoms with Crippen LogP contribution in [0.3, 0.4) is 0 Å². The summed E-state index contributed by atoms with van der Waals surface area (Å²) in [4.78, 5) is 14.4. The van der Waals surface area contributed by atoms with Gasteiger partial charge in [0.25, 0.3) is 0 Å². The van der Waals surface area contributed by atoms with Crippen LogP contribution in [0.1, 0.15) is 44.7 Å². The first kappa shape index (κ1) is 17.5. The van der Waals surface area contributed by atoms with Crippen molar-refractivity contribution in [2.75, 3.05) is 13.2 Å². The maximum absolute atomic E-state index is 12.6. The molecule has 126 valence electrons. The van der Waals surface area contributed by atoms with E-state index in [4.69, 9.17) is 14.9 Å². The SMILES string of the molecule is CC(C)(C)OC(=O)N(Cc1ccc(C=N)cc1)C1CCOCC1. The number of nitrogens with one attached hydrogen (secondary N) is 1. The standard InChI is InChI=1S/C18H26N2O3/c1-18(2,3)23-17(21)20(16-8-10-22-11-9-16)13-15-6-4-14(12-19)5-7-15/h4-7,12,16,19H,8-11,13H2,1-3H3. The first-order chi connectivity index (χ1) is 10.9. The molecule has 0 spiro atoms. The van der Waals surface area contributed by atoms with Crippen molar-refractivity contribution in [1.82, 2.24) is 4.90 Å². The maximum Gasteiger partial charge on any atom is 0.410 e. The minimum absolute atomic E-state index is 0.140. The second-order valence-corrected chi connectivity index (χ2v) is 6.84. The predicted molar refractivity (Wildman–Crippen MR) is 89.9 cm³/mol. The van der Waals surface area contributed by atoms with Crippen LogP contribution in [0.2, 0.25) is 0 Å². The van der Waals surface area contributed by atoms with Crippen LogP contribution in [0, 0.1) is 5.41 Å². The lowest BCUT2D eigenvalue weighted by atomic mass is 10.1. The molecule has 0 radical (unpaired) electrons. The lowest BCUT2D eigenvalue weighted by Gasteiger charge is -2.35. The Morgan fingerprint density at radius 2 is 1.91 bits per heavy atom. The van der Waals surface area contributed by atoms with Gasteiger partial charge < -0.3 is 19.8 Å². The summed E-state index contributed by atoms with van der Waals surface area (Å²) in [6.07, 6.45) is 2.70. The fourth-order valence-electron chi connectivity index (χ4n) is 2.58. The van der Waals surface area contributed by atoms with E-state index in [0.29, 0.717) is 19.8 Å². The van der Waals surface area contributed by atoms with Gasteiger partial charge in [0.1, 0.15) is 5.60 Å². The summed E-state index contributed by atoms with van der Waals surface area (Å²) >= 11 is 0. The van der Waals surface area contributed by atoms with E-state index in [9.17, 15) is 4.79 Å². The zero-order valence-electron chi connectivity index (χ0n) is 14.2. The van der Waals surface area contributed by atoms with Crippen molar-refractivity contribution in [2.45, 2.75) is 51.8 Å². The first-order valence-corrected chi connectivity index (χ1v) is 8.06. The Bertz CT molecular complexity index is 528. The summed E-state index contributed by atoms with van der Waals surface area (Å²) in [5.74, 6) is 0. The molecule has 0 saturated carbocycles. The lowest BCUT2D eigenvalue weighted by molar-refractivity contribution is -0.00808. The van der Waals surface area contributed by atoms with E-state index in [0.717, 1.165) is 24.0 Å². The highest BCUT2D eigenvalue weighted by atomic mass is 16.6. The molecule has 1 amide bonds. The molecule has 1 heterocycles. The van der Waals surface area contributed by atoms with Gasteiger partial charge in [-0.3, -0.25) is 0 Å². The van der Waals surface area contributed by atoms with Crippen molar-refractivity contribution in [2.24, 2.45) is 0 Å². The van der Waals surface area contributed by atoms with Gasteiger partial charge in [0.05, 0.1) is 0 Å². The largest absolute Gasteiger partial charge is 0.444 e. The molecule has 0 aromatic heterocycles. The highest BCUT2D eigenvalue weighted by Gasteiger charge is 2.29. The van der Waals surface area contributed by atoms with Gasteiger partial charge in [-0.2, -0.15) is 0 Å². The topological polar surface area (TPSA) is 62.6 Å². The molecular weight excluding hydrogens is 292 g/mol. The van der Waals surface area contributed by atoms with E-state index in [-0.39, 0.29) is 12.1 Å². The van der Waals surface area contributed by atoms with Crippen LogP contribution in [0.4, 0.5) is 4.79 Å². The molecule has 5 nitrogen and oxygen atoms in total. The van der Waals surface area contributed by atoms with E-state index < -0.39 is 5.60 Å². The Kier molecular flexibility index (Phi) is 5.77. The molecule has 1 N–H and O–H groups in total. The molecule has 0 atom stereocenters. The number of rotatable bonds is 4. The average molecular weight is 318 g/mol. The van der Waals surface area contributed by atoms with Gasteiger partial charge in [-0.15, -0.1) is 0 Å². The number of carbonyl (C=O) groups is 1. The third kappa shape index (κ3) is 5.36. The van der Waals surface area contributed by atoms with Gasteiger partial charge in [-0.25, -0.2) is 4.79 Å². The minimum Gasteiger partial charge on any atom is -0.444 e. The summed E-state index contributed by atoms with van der Waals surface area (Å²) in [5.41, 5.74) is 1.38. The average Bonchev–Trinajstić information content (AvgIpc) is 2.52. The predicted octanol–water partition coefficient (Wildman–Crippen LogP) is 3.60. The number of benzene rings is 1. The Balaban J connectivity index is 2.14. The first-order valence-electron chi connectivity index (χ1n) is 8.06. The maximum atomic E-state index is 12.6. The number of hydrogen-bond donors (Lipinski definition) is 1. The highest BCUT2D eigenvalue weighted by molar-refractivity contribution is 5.76. The number of ether oxygens (including phenoxy) is 2. The van der Waals surface area contributed by atoms with E-state index in [1.54, 1.807) is 0 Å². The second kappa shape index (κ2) is 7.59. The van der Waals surface area contributed by atoms with Crippen molar-refractivity contribution in [1.29, 1.82) is 5.41 Å². The van der Waals surface area contributed by atoms with Crippen LogP contribution in [0.25, 0.3) is 0 Å². The third-order valence-electron chi connectivity index (χ3n) is 3.76. The van der Waals surface area contributed by atoms with Gasteiger partial charge in [0.15, 0.2) is 0 Å². The van der Waals surface area contributed by atoms with E-state index in [2.05, 4.69) is 0 Å². The normalized spacial score (nSPS) is 16.0. The van der Waals surface area contributed by atoms with Crippen molar-refractivity contribution < 1.29 is 14.3 Å². The molecule has 1 aromatic rings. The van der Waals surface area contributed by atoms with Gasteiger partial charge in [0.2, 0.25) is 0 Å². The second-order valence-electron chi connectivity index (χ2n) is 6.84. The van der Waals surface area contributed by atoms with E-state index in [1.807, 2.05) is 49.9 Å². The molecule has 2 rings (SSSR count). The number of amides is 1. The molecule has 1 aromatic carbocycles. The highest BCUT2D eigenvalue weighted by Crippen LogP contribution is 2.21. The van der Waals surface area contributed by atoms with Crippen LogP contribution < -0.4 is 0 Å². The van der Waals surface area contributed by atoms with Crippen LogP contribution in [-0.2, 0) is 16.0 Å². The zero-order chi connectivity index (χ0) is 16.9. The summed E-state index contributed by atoms with van der Waals surface area (Å²) in [5, 5.41) is 7.26. The molecule has 1 aliphatic heterocycles. The molecule has 0 bridgehead atoms. The number of carbonyl (C=O) groups excluding carboxylic acids is 1. The molecule has 1 fully saturated rings. The smallest absolute Gasteiger partial charge is 0.410 e. The van der Waals surface area contributed by atoms with Crippen LogP contribution in [0.15, 0.2) is 24.3 Å². The third-order valence-corrected chi connectivity index (χ3v) is 3.76. The Morgan fingerprint density at radius 3 is 2.43 bits per heavy atom. The van der Waals surface area contributed by atoms with Crippen molar-refractivity contribution in [3.63, 3.8) is 0 Å². The molecule has 23 heavy (non-hydrogen) atoms. The molecule has 1 aliphatic rings. The zero-order valence-corrected chi connectivity index (χ0v) is 14.2. The molecule has 0 unspecified atom stereocenters.